The Hall–Kier alpha value is -2.02. The maximum atomic E-state index is 12.1. The highest BCUT2D eigenvalue weighted by Crippen LogP contribution is 2.17. The van der Waals surface area contributed by atoms with Crippen molar-refractivity contribution < 1.29 is 9.90 Å². The first-order valence-electron chi connectivity index (χ1n) is 5.99. The summed E-state index contributed by atoms with van der Waals surface area (Å²) < 4.78 is 0. The lowest BCUT2D eigenvalue weighted by Crippen LogP contribution is -2.38. The number of hydrogen-bond donors (Lipinski definition) is 1. The lowest BCUT2D eigenvalue weighted by atomic mass is 10.1. The van der Waals surface area contributed by atoms with Gasteiger partial charge in [0.05, 0.1) is 18.9 Å². The molecule has 0 aromatic heterocycles. The van der Waals surface area contributed by atoms with E-state index < -0.39 is 0 Å². The average Bonchev–Trinajstić information content (AvgIpc) is 2.32. The zero-order chi connectivity index (χ0) is 13.5. The maximum absolute atomic E-state index is 12.1. The minimum Gasteiger partial charge on any atom is -0.508 e. The van der Waals surface area contributed by atoms with Crippen LogP contribution >= 0.6 is 0 Å². The van der Waals surface area contributed by atoms with Gasteiger partial charge in [0.25, 0.3) is 0 Å². The van der Waals surface area contributed by atoms with E-state index in [1.165, 1.54) is 0 Å². The minimum absolute atomic E-state index is 0.0525. The quantitative estimate of drug-likeness (QED) is 0.865. The van der Waals surface area contributed by atoms with Gasteiger partial charge in [-0.3, -0.25) is 4.79 Å². The van der Waals surface area contributed by atoms with Gasteiger partial charge in [0.15, 0.2) is 0 Å². The zero-order valence-electron chi connectivity index (χ0n) is 10.8. The molecule has 0 aliphatic heterocycles. The first kappa shape index (κ1) is 14.0. The maximum Gasteiger partial charge on any atom is 0.227 e. The van der Waals surface area contributed by atoms with Crippen LogP contribution in [-0.4, -0.2) is 28.5 Å². The molecule has 1 aromatic rings. The van der Waals surface area contributed by atoms with Crippen molar-refractivity contribution in [3.8, 4) is 11.8 Å². The molecule has 0 unspecified atom stereocenters. The molecule has 18 heavy (non-hydrogen) atoms. The largest absolute Gasteiger partial charge is 0.508 e. The molecule has 0 saturated heterocycles. The number of nitrogens with zero attached hydrogens (tertiary/aromatic N) is 2. The van der Waals surface area contributed by atoms with Crippen LogP contribution in [0.25, 0.3) is 0 Å². The second-order valence-corrected chi connectivity index (χ2v) is 4.39. The smallest absolute Gasteiger partial charge is 0.227 e. The molecular weight excluding hydrogens is 228 g/mol. The number of phenols is 1. The molecule has 0 spiro atoms. The van der Waals surface area contributed by atoms with Crippen molar-refractivity contribution in [3.63, 3.8) is 0 Å². The van der Waals surface area contributed by atoms with Crippen molar-refractivity contribution in [2.24, 2.45) is 0 Å². The van der Waals surface area contributed by atoms with Crippen molar-refractivity contribution in [1.82, 2.24) is 4.90 Å². The summed E-state index contributed by atoms with van der Waals surface area (Å²) in [6.07, 6.45) is 0.487. The van der Waals surface area contributed by atoms with E-state index in [-0.39, 0.29) is 24.1 Å². The van der Waals surface area contributed by atoms with E-state index in [0.717, 1.165) is 0 Å². The molecule has 0 radical (unpaired) electrons. The van der Waals surface area contributed by atoms with E-state index in [1.54, 1.807) is 29.2 Å². The Morgan fingerprint density at radius 1 is 1.44 bits per heavy atom. The number of phenolic OH excluding ortho intramolecular Hbond substituents is 1. The third-order valence-corrected chi connectivity index (χ3v) is 2.74. The van der Waals surface area contributed by atoms with Gasteiger partial charge < -0.3 is 10.0 Å². The van der Waals surface area contributed by atoms with E-state index >= 15 is 0 Å². The molecule has 0 fully saturated rings. The molecule has 0 bridgehead atoms. The molecule has 0 aliphatic rings. The topological polar surface area (TPSA) is 64.3 Å². The second-order valence-electron chi connectivity index (χ2n) is 4.39. The molecule has 1 rings (SSSR count). The van der Waals surface area contributed by atoms with Crippen molar-refractivity contribution in [2.45, 2.75) is 32.7 Å². The number of carbonyl (C=O) groups excluding carboxylic acids is 1. The van der Waals surface area contributed by atoms with Crippen molar-refractivity contribution >= 4 is 5.91 Å². The van der Waals surface area contributed by atoms with E-state index in [0.29, 0.717) is 18.5 Å². The number of nitriles is 1. The average molecular weight is 246 g/mol. The normalized spacial score (nSPS) is 10.1. The van der Waals surface area contributed by atoms with Crippen LogP contribution in [0.2, 0.25) is 0 Å². The Balaban J connectivity index is 2.73. The van der Waals surface area contributed by atoms with Crippen LogP contribution in [0.1, 0.15) is 25.8 Å². The predicted octanol–water partition coefficient (Wildman–Crippen LogP) is 2.09. The van der Waals surface area contributed by atoms with Gasteiger partial charge in [0.1, 0.15) is 5.75 Å². The van der Waals surface area contributed by atoms with Gasteiger partial charge in [0, 0.05) is 18.2 Å². The first-order chi connectivity index (χ1) is 8.56. The number of rotatable bonds is 5. The van der Waals surface area contributed by atoms with Gasteiger partial charge in [-0.25, -0.2) is 0 Å². The molecule has 0 aliphatic carbocycles. The van der Waals surface area contributed by atoms with Gasteiger partial charge in [-0.05, 0) is 19.9 Å². The summed E-state index contributed by atoms with van der Waals surface area (Å²) in [7, 11) is 0. The van der Waals surface area contributed by atoms with E-state index in [9.17, 15) is 9.90 Å². The van der Waals surface area contributed by atoms with E-state index in [1.807, 2.05) is 19.9 Å². The third kappa shape index (κ3) is 3.77. The van der Waals surface area contributed by atoms with Crippen LogP contribution in [0.15, 0.2) is 24.3 Å². The molecule has 1 aromatic carbocycles. The Bertz CT molecular complexity index is 449. The number of hydrogen-bond acceptors (Lipinski definition) is 3. The van der Waals surface area contributed by atoms with Crippen LogP contribution < -0.4 is 0 Å². The summed E-state index contributed by atoms with van der Waals surface area (Å²) in [6.45, 7) is 4.26. The number of para-hydroxylation sites is 1. The first-order valence-corrected chi connectivity index (χ1v) is 5.99. The summed E-state index contributed by atoms with van der Waals surface area (Å²) in [6, 6.07) is 8.90. The summed E-state index contributed by atoms with van der Waals surface area (Å²) in [5.41, 5.74) is 0.616. The monoisotopic (exact) mass is 246 g/mol. The fraction of sp³-hybridized carbons (Fsp3) is 0.429. The molecule has 96 valence electrons. The van der Waals surface area contributed by atoms with E-state index in [4.69, 9.17) is 5.26 Å². The highest BCUT2D eigenvalue weighted by atomic mass is 16.3. The predicted molar refractivity (Wildman–Crippen MR) is 68.9 cm³/mol. The Morgan fingerprint density at radius 2 is 2.11 bits per heavy atom. The number of benzene rings is 1. The number of carbonyl (C=O) groups is 1. The summed E-state index contributed by atoms with van der Waals surface area (Å²) in [4.78, 5) is 13.8. The Labute approximate surface area is 107 Å². The Kier molecular flexibility index (Phi) is 5.19. The highest BCUT2D eigenvalue weighted by molar-refractivity contribution is 5.79. The standard InChI is InChI=1S/C14H18N2O2/c1-11(2)16(9-5-8-15)14(18)10-12-6-3-4-7-13(12)17/h3-4,6-7,11,17H,5,9-10H2,1-2H3. The van der Waals surface area contributed by atoms with Crippen molar-refractivity contribution in [1.29, 1.82) is 5.26 Å². The lowest BCUT2D eigenvalue weighted by Gasteiger charge is -2.26. The van der Waals surface area contributed by atoms with Crippen LogP contribution in [0, 0.1) is 11.3 Å². The van der Waals surface area contributed by atoms with Gasteiger partial charge in [-0.2, -0.15) is 5.26 Å². The van der Waals surface area contributed by atoms with Crippen LogP contribution in [0.3, 0.4) is 0 Å². The van der Waals surface area contributed by atoms with Gasteiger partial charge in [0.2, 0.25) is 5.91 Å². The molecule has 1 N–H and O–H groups in total. The van der Waals surface area contributed by atoms with Crippen molar-refractivity contribution in [3.05, 3.63) is 29.8 Å². The SMILES string of the molecule is CC(C)N(CCC#N)C(=O)Cc1ccccc1O. The highest BCUT2D eigenvalue weighted by Gasteiger charge is 2.17. The second kappa shape index (κ2) is 6.65. The number of amides is 1. The van der Waals surface area contributed by atoms with Crippen LogP contribution in [0.5, 0.6) is 5.75 Å². The fourth-order valence-corrected chi connectivity index (χ4v) is 1.77. The summed E-state index contributed by atoms with van der Waals surface area (Å²) in [5.74, 6) is 0.0663. The van der Waals surface area contributed by atoms with Crippen LogP contribution in [-0.2, 0) is 11.2 Å². The van der Waals surface area contributed by atoms with Gasteiger partial charge in [-0.1, -0.05) is 18.2 Å². The van der Waals surface area contributed by atoms with Crippen molar-refractivity contribution in [2.75, 3.05) is 6.54 Å². The molecular formula is C14H18N2O2. The summed E-state index contributed by atoms with van der Waals surface area (Å²) in [5, 5.41) is 18.2. The van der Waals surface area contributed by atoms with Gasteiger partial charge >= 0.3 is 0 Å². The minimum atomic E-state index is -0.0678. The molecule has 4 nitrogen and oxygen atoms in total. The lowest BCUT2D eigenvalue weighted by molar-refractivity contribution is -0.132. The third-order valence-electron chi connectivity index (χ3n) is 2.74. The van der Waals surface area contributed by atoms with Gasteiger partial charge in [-0.15, -0.1) is 0 Å². The molecule has 1 amide bonds. The number of aromatic hydroxyl groups is 1. The van der Waals surface area contributed by atoms with Crippen LogP contribution in [0.4, 0.5) is 0 Å². The molecule has 0 saturated carbocycles. The summed E-state index contributed by atoms with van der Waals surface area (Å²) >= 11 is 0. The molecule has 4 heteroatoms. The molecule has 0 atom stereocenters. The van der Waals surface area contributed by atoms with E-state index in [2.05, 4.69) is 0 Å². The zero-order valence-corrected chi connectivity index (χ0v) is 10.8. The fourth-order valence-electron chi connectivity index (χ4n) is 1.77. The molecule has 0 heterocycles. The Morgan fingerprint density at radius 3 is 2.67 bits per heavy atom.